The Labute approximate surface area is 209 Å². The average Bonchev–Trinajstić information content (AvgIpc) is 2.75. The van der Waals surface area contributed by atoms with Gasteiger partial charge in [0.05, 0.1) is 5.41 Å². The number of nitrogens with zero attached hydrogens (tertiary/aromatic N) is 1. The molecule has 1 saturated heterocycles. The molecule has 4 atom stereocenters. The van der Waals surface area contributed by atoms with Crippen molar-refractivity contribution in [2.45, 2.75) is 90.7 Å². The first kappa shape index (κ1) is 25.3. The van der Waals surface area contributed by atoms with Crippen LogP contribution in [0.1, 0.15) is 77.7 Å². The molecule has 1 aromatic carbocycles. The number of halogens is 1. The van der Waals surface area contributed by atoms with Crippen molar-refractivity contribution in [2.24, 2.45) is 17.3 Å². The fraction of sp³-hybridized carbons (Fsp3) is 0.704. The van der Waals surface area contributed by atoms with E-state index in [1.54, 1.807) is 26.0 Å². The van der Waals surface area contributed by atoms with E-state index in [0.717, 1.165) is 57.2 Å². The Morgan fingerprint density at radius 3 is 2.56 bits per heavy atom. The second-order valence-corrected chi connectivity index (χ2v) is 12.0. The van der Waals surface area contributed by atoms with Crippen LogP contribution >= 0.6 is 11.6 Å². The highest BCUT2D eigenvalue weighted by Crippen LogP contribution is 2.51. The van der Waals surface area contributed by atoms with Crippen molar-refractivity contribution in [1.82, 2.24) is 15.8 Å². The molecular weight excluding hydrogens is 450 g/mol. The predicted octanol–water partition coefficient (Wildman–Crippen LogP) is 5.02. The average molecular weight is 490 g/mol. The van der Waals surface area contributed by atoms with Crippen LogP contribution in [0.4, 0.5) is 0 Å². The van der Waals surface area contributed by atoms with Gasteiger partial charge in [-0.1, -0.05) is 24.9 Å². The number of hydrogen-bond acceptors (Lipinski definition) is 4. The zero-order valence-electron chi connectivity index (χ0n) is 21.1. The van der Waals surface area contributed by atoms with Gasteiger partial charge < -0.3 is 10.1 Å². The van der Waals surface area contributed by atoms with Gasteiger partial charge in [0.1, 0.15) is 5.75 Å². The summed E-state index contributed by atoms with van der Waals surface area (Å²) in [7, 11) is 0. The number of nitrogens with one attached hydrogen (secondary N) is 2. The molecule has 188 valence electrons. The Hall–Kier alpha value is -1.79. The summed E-state index contributed by atoms with van der Waals surface area (Å²) in [5.74, 6) is 1.63. The Morgan fingerprint density at radius 1 is 1.12 bits per heavy atom. The number of amides is 2. The number of piperidine rings is 1. The minimum absolute atomic E-state index is 0.0277. The maximum Gasteiger partial charge on any atom is 0.263 e. The monoisotopic (exact) mass is 489 g/mol. The second kappa shape index (κ2) is 10.1. The molecule has 2 bridgehead atoms. The van der Waals surface area contributed by atoms with E-state index in [-0.39, 0.29) is 17.9 Å². The van der Waals surface area contributed by atoms with Crippen LogP contribution in [0.5, 0.6) is 5.75 Å². The van der Waals surface area contributed by atoms with E-state index in [0.29, 0.717) is 29.0 Å². The van der Waals surface area contributed by atoms with Crippen LogP contribution in [0.2, 0.25) is 5.02 Å². The fourth-order valence-electron chi connectivity index (χ4n) is 6.41. The molecule has 3 fully saturated rings. The number of hydrogen-bond donors (Lipinski definition) is 2. The molecule has 2 saturated carbocycles. The predicted molar refractivity (Wildman–Crippen MR) is 135 cm³/mol. The van der Waals surface area contributed by atoms with E-state index in [1.165, 1.54) is 6.42 Å². The molecule has 0 radical (unpaired) electrons. The lowest BCUT2D eigenvalue weighted by Gasteiger charge is -2.50. The first-order chi connectivity index (χ1) is 16.1. The zero-order chi connectivity index (χ0) is 24.5. The molecule has 7 heteroatoms. The number of ether oxygens (including phenoxy) is 1. The van der Waals surface area contributed by atoms with E-state index in [9.17, 15) is 9.59 Å². The molecule has 0 aromatic heterocycles. The summed E-state index contributed by atoms with van der Waals surface area (Å²) in [5, 5.41) is 5.99. The second-order valence-electron chi connectivity index (χ2n) is 11.5. The quantitative estimate of drug-likeness (QED) is 0.588. The number of carbonyl (C=O) groups excluding carboxylic acids is 2. The van der Waals surface area contributed by atoms with Gasteiger partial charge in [0.2, 0.25) is 5.91 Å². The van der Waals surface area contributed by atoms with Gasteiger partial charge in [-0.05, 0) is 101 Å². The summed E-state index contributed by atoms with van der Waals surface area (Å²) < 4.78 is 6.12. The Kier molecular flexibility index (Phi) is 7.49. The van der Waals surface area contributed by atoms with Gasteiger partial charge in [0.25, 0.3) is 5.91 Å². The van der Waals surface area contributed by atoms with Crippen LogP contribution in [-0.4, -0.2) is 41.6 Å². The van der Waals surface area contributed by atoms with Crippen LogP contribution < -0.4 is 15.5 Å². The maximum absolute atomic E-state index is 13.6. The van der Waals surface area contributed by atoms with Crippen LogP contribution in [0.15, 0.2) is 18.2 Å². The number of carbonyl (C=O) groups is 2. The Balaban J connectivity index is 1.44. The Bertz CT molecular complexity index is 910. The Morgan fingerprint density at radius 2 is 1.85 bits per heavy atom. The van der Waals surface area contributed by atoms with Gasteiger partial charge in [-0.15, -0.1) is 0 Å². The van der Waals surface area contributed by atoms with Crippen molar-refractivity contribution in [3.05, 3.63) is 28.8 Å². The molecule has 6 nitrogen and oxygen atoms in total. The molecular formula is C27H40ClN3O3. The molecule has 0 spiro atoms. The lowest BCUT2D eigenvalue weighted by Crippen LogP contribution is -2.59. The number of fused-ring (bicyclic) bond motifs is 2. The molecule has 1 unspecified atom stereocenters. The van der Waals surface area contributed by atoms with E-state index >= 15 is 0 Å². The third-order valence-electron chi connectivity index (χ3n) is 7.89. The normalized spacial score (nSPS) is 29.9. The topological polar surface area (TPSA) is 70.7 Å². The standard InChI is InChI=1S/C27H40ClN3O3/c1-18-12-20-14-22(17-27(15-18,16-20)25(33)30-31-10-6-5-7-11-31)29-24(32)26(3,4)34-23-9-8-21(28)13-19(23)2/h8-9,13,18,20,22H,5-7,10-12,14-17H2,1-4H3,(H,29,32)(H,30,33)/t18-,20?,22+,27-/m0/s1. The highest BCUT2D eigenvalue weighted by molar-refractivity contribution is 6.30. The molecule has 2 N–H and O–H groups in total. The van der Waals surface area contributed by atoms with Crippen molar-refractivity contribution < 1.29 is 14.3 Å². The summed E-state index contributed by atoms with van der Waals surface area (Å²) in [5.41, 5.74) is 2.69. The fourth-order valence-corrected chi connectivity index (χ4v) is 6.63. The van der Waals surface area contributed by atoms with Gasteiger partial charge in [0, 0.05) is 24.2 Å². The third-order valence-corrected chi connectivity index (χ3v) is 8.13. The highest BCUT2D eigenvalue weighted by Gasteiger charge is 2.51. The van der Waals surface area contributed by atoms with Crippen molar-refractivity contribution in [1.29, 1.82) is 0 Å². The molecule has 4 rings (SSSR count). The summed E-state index contributed by atoms with van der Waals surface area (Å²) in [6.07, 6.45) is 8.04. The van der Waals surface area contributed by atoms with Gasteiger partial charge in [-0.25, -0.2) is 5.01 Å². The van der Waals surface area contributed by atoms with Crippen LogP contribution in [0.3, 0.4) is 0 Å². The van der Waals surface area contributed by atoms with E-state index in [2.05, 4.69) is 22.7 Å². The first-order valence-electron chi connectivity index (χ1n) is 12.9. The third kappa shape index (κ3) is 5.71. The van der Waals surface area contributed by atoms with Gasteiger partial charge in [-0.3, -0.25) is 15.0 Å². The number of aryl methyl sites for hydroxylation is 1. The van der Waals surface area contributed by atoms with Crippen molar-refractivity contribution in [3.8, 4) is 5.75 Å². The lowest BCUT2D eigenvalue weighted by atomic mass is 9.57. The molecule has 1 aliphatic heterocycles. The number of hydrazine groups is 1. The maximum atomic E-state index is 13.6. The zero-order valence-corrected chi connectivity index (χ0v) is 21.8. The van der Waals surface area contributed by atoms with E-state index in [4.69, 9.17) is 16.3 Å². The summed E-state index contributed by atoms with van der Waals surface area (Å²) in [6, 6.07) is 5.38. The summed E-state index contributed by atoms with van der Waals surface area (Å²) in [6.45, 7) is 9.62. The van der Waals surface area contributed by atoms with Crippen molar-refractivity contribution in [3.63, 3.8) is 0 Å². The van der Waals surface area contributed by atoms with Crippen molar-refractivity contribution >= 4 is 23.4 Å². The minimum atomic E-state index is -1.04. The molecule has 1 aromatic rings. The smallest absolute Gasteiger partial charge is 0.263 e. The first-order valence-corrected chi connectivity index (χ1v) is 13.3. The van der Waals surface area contributed by atoms with Gasteiger partial charge >= 0.3 is 0 Å². The lowest BCUT2D eigenvalue weighted by molar-refractivity contribution is -0.146. The van der Waals surface area contributed by atoms with Crippen molar-refractivity contribution in [2.75, 3.05) is 13.1 Å². The molecule has 3 aliphatic rings. The highest BCUT2D eigenvalue weighted by atomic mass is 35.5. The van der Waals surface area contributed by atoms with E-state index in [1.807, 2.05) is 13.0 Å². The SMILES string of the molecule is Cc1cc(Cl)ccc1OC(C)(C)C(=O)N[C@@H]1CC2C[C@H](C)C[C@](C(=O)NN3CCCCC3)(C2)C1. The molecule has 2 aliphatic carbocycles. The van der Waals surface area contributed by atoms with Gasteiger partial charge in [-0.2, -0.15) is 0 Å². The van der Waals surface area contributed by atoms with Crippen LogP contribution in [-0.2, 0) is 9.59 Å². The minimum Gasteiger partial charge on any atom is -0.478 e. The summed E-state index contributed by atoms with van der Waals surface area (Å²) >= 11 is 6.07. The molecule has 2 amide bonds. The number of benzene rings is 1. The molecule has 34 heavy (non-hydrogen) atoms. The van der Waals surface area contributed by atoms with Crippen LogP contribution in [0.25, 0.3) is 0 Å². The summed E-state index contributed by atoms with van der Waals surface area (Å²) in [4.78, 5) is 26.9. The van der Waals surface area contributed by atoms with Crippen LogP contribution in [0, 0.1) is 24.2 Å². The van der Waals surface area contributed by atoms with Gasteiger partial charge in [0.15, 0.2) is 5.60 Å². The molecule has 1 heterocycles. The number of rotatable bonds is 6. The van der Waals surface area contributed by atoms with E-state index < -0.39 is 11.0 Å². The largest absolute Gasteiger partial charge is 0.478 e.